The Balaban J connectivity index is 1.76. The van der Waals surface area contributed by atoms with Gasteiger partial charge < -0.3 is 14.7 Å². The second kappa shape index (κ2) is 5.77. The summed E-state index contributed by atoms with van der Waals surface area (Å²) in [5.74, 6) is 0.735. The monoisotopic (exact) mass is 305 g/mol. The quantitative estimate of drug-likeness (QED) is 0.912. The third kappa shape index (κ3) is 2.88. The molecule has 0 spiro atoms. The van der Waals surface area contributed by atoms with Crippen molar-refractivity contribution >= 4 is 23.3 Å². The highest BCUT2D eigenvalue weighted by Gasteiger charge is 2.32. The number of para-hydroxylation sites is 1. The van der Waals surface area contributed by atoms with E-state index in [-0.39, 0.29) is 12.1 Å². The van der Waals surface area contributed by atoms with Gasteiger partial charge in [-0.15, -0.1) is 0 Å². The first-order valence-corrected chi connectivity index (χ1v) is 7.28. The molecule has 1 N–H and O–H groups in total. The molecule has 1 aromatic heterocycles. The Labute approximate surface area is 127 Å². The second-order valence-corrected chi connectivity index (χ2v) is 5.54. The number of likely N-dealkylation sites (tertiary alicyclic amines) is 1. The third-order valence-electron chi connectivity index (χ3n) is 3.60. The lowest BCUT2D eigenvalue weighted by molar-refractivity contribution is 0.195. The standard InChI is InChI=1S/C15H16ClN3O2/c1-10-9-14(21-18-10)13-7-4-8-19(13)15(20)17-12-6-3-2-5-11(12)16/h2-3,5-6,9,13H,4,7-8H2,1H3,(H,17,20). The van der Waals surface area contributed by atoms with Crippen molar-refractivity contribution in [3.8, 4) is 0 Å². The van der Waals surface area contributed by atoms with Gasteiger partial charge in [0.2, 0.25) is 0 Å². The van der Waals surface area contributed by atoms with Gasteiger partial charge in [-0.2, -0.15) is 0 Å². The van der Waals surface area contributed by atoms with Crippen molar-refractivity contribution in [2.24, 2.45) is 0 Å². The van der Waals surface area contributed by atoms with Gasteiger partial charge in [-0.1, -0.05) is 28.9 Å². The molecule has 1 saturated heterocycles. The number of hydrogen-bond acceptors (Lipinski definition) is 3. The molecule has 2 amide bonds. The van der Waals surface area contributed by atoms with Gasteiger partial charge in [0.1, 0.15) is 0 Å². The fourth-order valence-electron chi connectivity index (χ4n) is 2.60. The van der Waals surface area contributed by atoms with E-state index in [0.29, 0.717) is 17.3 Å². The molecule has 1 aromatic carbocycles. The summed E-state index contributed by atoms with van der Waals surface area (Å²) in [6.45, 7) is 2.57. The predicted octanol–water partition coefficient (Wildman–Crippen LogP) is 4.01. The van der Waals surface area contributed by atoms with E-state index < -0.39 is 0 Å². The maximum Gasteiger partial charge on any atom is 0.322 e. The van der Waals surface area contributed by atoms with E-state index in [1.54, 1.807) is 17.0 Å². The largest absolute Gasteiger partial charge is 0.359 e. The number of benzene rings is 1. The zero-order valence-corrected chi connectivity index (χ0v) is 12.4. The van der Waals surface area contributed by atoms with E-state index in [0.717, 1.165) is 24.3 Å². The van der Waals surface area contributed by atoms with Crippen LogP contribution in [0.2, 0.25) is 5.02 Å². The Morgan fingerprint density at radius 1 is 1.48 bits per heavy atom. The van der Waals surface area contributed by atoms with Crippen molar-refractivity contribution in [1.82, 2.24) is 10.1 Å². The van der Waals surface area contributed by atoms with Crippen molar-refractivity contribution in [3.63, 3.8) is 0 Å². The molecule has 1 unspecified atom stereocenters. The Morgan fingerprint density at radius 2 is 2.29 bits per heavy atom. The van der Waals surface area contributed by atoms with Gasteiger partial charge in [0.25, 0.3) is 0 Å². The lowest BCUT2D eigenvalue weighted by Crippen LogP contribution is -2.34. The van der Waals surface area contributed by atoms with E-state index in [4.69, 9.17) is 16.1 Å². The number of carbonyl (C=O) groups excluding carboxylic acids is 1. The zero-order chi connectivity index (χ0) is 14.8. The Hall–Kier alpha value is -2.01. The predicted molar refractivity (Wildman–Crippen MR) is 80.4 cm³/mol. The highest BCUT2D eigenvalue weighted by Crippen LogP contribution is 2.33. The number of halogens is 1. The number of nitrogens with one attached hydrogen (secondary N) is 1. The molecular weight excluding hydrogens is 290 g/mol. The molecule has 0 radical (unpaired) electrons. The van der Waals surface area contributed by atoms with Gasteiger partial charge in [0, 0.05) is 12.6 Å². The topological polar surface area (TPSA) is 58.4 Å². The van der Waals surface area contributed by atoms with Gasteiger partial charge >= 0.3 is 6.03 Å². The van der Waals surface area contributed by atoms with Crippen molar-refractivity contribution in [2.45, 2.75) is 25.8 Å². The maximum absolute atomic E-state index is 12.5. The summed E-state index contributed by atoms with van der Waals surface area (Å²) in [7, 11) is 0. The molecule has 1 atom stereocenters. The van der Waals surface area contributed by atoms with Gasteiger partial charge in [0.15, 0.2) is 5.76 Å². The molecule has 6 heteroatoms. The van der Waals surface area contributed by atoms with Crippen LogP contribution in [0.4, 0.5) is 10.5 Å². The van der Waals surface area contributed by atoms with Gasteiger partial charge in [0.05, 0.1) is 22.4 Å². The normalized spacial score (nSPS) is 18.0. The average Bonchev–Trinajstić information content (AvgIpc) is 3.09. The van der Waals surface area contributed by atoms with Crippen LogP contribution in [-0.2, 0) is 0 Å². The van der Waals surface area contributed by atoms with E-state index in [1.807, 2.05) is 25.1 Å². The molecule has 1 aliphatic rings. The minimum Gasteiger partial charge on any atom is -0.359 e. The summed E-state index contributed by atoms with van der Waals surface area (Å²) in [5.41, 5.74) is 1.44. The number of hydrogen-bond donors (Lipinski definition) is 1. The molecule has 0 aliphatic carbocycles. The fourth-order valence-corrected chi connectivity index (χ4v) is 2.78. The third-order valence-corrected chi connectivity index (χ3v) is 3.93. The van der Waals surface area contributed by atoms with Crippen LogP contribution >= 0.6 is 11.6 Å². The fraction of sp³-hybridized carbons (Fsp3) is 0.333. The number of carbonyl (C=O) groups is 1. The van der Waals surface area contributed by atoms with Crippen LogP contribution in [0.5, 0.6) is 0 Å². The van der Waals surface area contributed by atoms with Crippen molar-refractivity contribution in [1.29, 1.82) is 0 Å². The van der Waals surface area contributed by atoms with E-state index in [1.165, 1.54) is 0 Å². The SMILES string of the molecule is Cc1cc(C2CCCN2C(=O)Nc2ccccc2Cl)on1. The second-order valence-electron chi connectivity index (χ2n) is 5.13. The van der Waals surface area contributed by atoms with Crippen LogP contribution < -0.4 is 5.32 Å². The van der Waals surface area contributed by atoms with E-state index in [9.17, 15) is 4.79 Å². The highest BCUT2D eigenvalue weighted by molar-refractivity contribution is 6.33. The molecule has 1 fully saturated rings. The Bertz CT molecular complexity index is 656. The number of anilines is 1. The van der Waals surface area contributed by atoms with Gasteiger partial charge in [-0.05, 0) is 31.9 Å². The van der Waals surface area contributed by atoms with Crippen molar-refractivity contribution < 1.29 is 9.32 Å². The van der Waals surface area contributed by atoms with Crippen molar-refractivity contribution in [2.75, 3.05) is 11.9 Å². The Morgan fingerprint density at radius 3 is 3.00 bits per heavy atom. The first kappa shape index (κ1) is 13.9. The lowest BCUT2D eigenvalue weighted by atomic mass is 10.1. The maximum atomic E-state index is 12.5. The molecule has 2 aromatic rings. The number of amides is 2. The van der Waals surface area contributed by atoms with Crippen LogP contribution in [0, 0.1) is 6.92 Å². The molecule has 0 bridgehead atoms. The average molecular weight is 306 g/mol. The number of rotatable bonds is 2. The first-order valence-electron chi connectivity index (χ1n) is 6.90. The molecule has 1 aliphatic heterocycles. The summed E-state index contributed by atoms with van der Waals surface area (Å²) in [5, 5.41) is 7.28. The van der Waals surface area contributed by atoms with Gasteiger partial charge in [-0.25, -0.2) is 4.79 Å². The molecule has 21 heavy (non-hydrogen) atoms. The number of aryl methyl sites for hydroxylation is 1. The van der Waals surface area contributed by atoms with Crippen LogP contribution in [0.3, 0.4) is 0 Å². The number of urea groups is 1. The van der Waals surface area contributed by atoms with Crippen LogP contribution in [0.15, 0.2) is 34.9 Å². The zero-order valence-electron chi connectivity index (χ0n) is 11.7. The van der Waals surface area contributed by atoms with Crippen molar-refractivity contribution in [3.05, 3.63) is 46.8 Å². The first-order chi connectivity index (χ1) is 10.1. The molecule has 5 nitrogen and oxygen atoms in total. The summed E-state index contributed by atoms with van der Waals surface area (Å²) >= 11 is 6.07. The summed E-state index contributed by atoms with van der Waals surface area (Å²) in [4.78, 5) is 14.2. The van der Waals surface area contributed by atoms with E-state index in [2.05, 4.69) is 10.5 Å². The summed E-state index contributed by atoms with van der Waals surface area (Å²) < 4.78 is 5.30. The molecule has 0 saturated carbocycles. The molecule has 110 valence electrons. The Kier molecular flexibility index (Phi) is 3.84. The van der Waals surface area contributed by atoms with Gasteiger partial charge in [-0.3, -0.25) is 0 Å². The molecular formula is C15H16ClN3O2. The van der Waals surface area contributed by atoms with Crippen LogP contribution in [0.1, 0.15) is 30.3 Å². The molecule has 2 heterocycles. The number of nitrogens with zero attached hydrogens (tertiary/aromatic N) is 2. The number of aromatic nitrogens is 1. The smallest absolute Gasteiger partial charge is 0.322 e. The van der Waals surface area contributed by atoms with E-state index >= 15 is 0 Å². The minimum atomic E-state index is -0.167. The lowest BCUT2D eigenvalue weighted by Gasteiger charge is -2.23. The summed E-state index contributed by atoms with van der Waals surface area (Å²) in [6.07, 6.45) is 1.82. The van der Waals surface area contributed by atoms with Crippen LogP contribution in [-0.4, -0.2) is 22.6 Å². The minimum absolute atomic E-state index is 0.0614. The van der Waals surface area contributed by atoms with Crippen LogP contribution in [0.25, 0.3) is 0 Å². The summed E-state index contributed by atoms with van der Waals surface area (Å²) in [6, 6.07) is 8.85. The highest BCUT2D eigenvalue weighted by atomic mass is 35.5. The molecule has 3 rings (SSSR count).